The van der Waals surface area contributed by atoms with Crippen molar-refractivity contribution < 1.29 is 0 Å². The predicted octanol–water partition coefficient (Wildman–Crippen LogP) is 5.85. The van der Waals surface area contributed by atoms with Gasteiger partial charge in [0.15, 0.2) is 0 Å². The largest absolute Gasteiger partial charge is 0.0649 e. The van der Waals surface area contributed by atoms with Crippen molar-refractivity contribution in [2.24, 2.45) is 5.41 Å². The summed E-state index contributed by atoms with van der Waals surface area (Å²) >= 11 is 0. The molecule has 2 aromatic carbocycles. The van der Waals surface area contributed by atoms with Crippen molar-refractivity contribution in [1.29, 1.82) is 0 Å². The van der Waals surface area contributed by atoms with Gasteiger partial charge in [0.25, 0.3) is 0 Å². The average Bonchev–Trinajstić information content (AvgIpc) is 2.49. The van der Waals surface area contributed by atoms with Gasteiger partial charge in [-0.3, -0.25) is 0 Å². The Kier molecular flexibility index (Phi) is 5.00. The first kappa shape index (κ1) is 14.8. The van der Waals surface area contributed by atoms with E-state index in [9.17, 15) is 0 Å². The van der Waals surface area contributed by atoms with Crippen molar-refractivity contribution in [3.8, 4) is 0 Å². The van der Waals surface area contributed by atoms with Crippen molar-refractivity contribution >= 4 is 0 Å². The zero-order valence-corrected chi connectivity index (χ0v) is 12.8. The van der Waals surface area contributed by atoms with Crippen LogP contribution in [-0.2, 0) is 0 Å². The molecule has 0 saturated heterocycles. The molecular weight excluding hydrogens is 240 g/mol. The molecule has 2 rings (SSSR count). The molecule has 105 valence electrons. The molecule has 0 unspecified atom stereocenters. The highest BCUT2D eigenvalue weighted by Crippen LogP contribution is 2.34. The lowest BCUT2D eigenvalue weighted by atomic mass is 9.79. The Morgan fingerprint density at radius 3 is 1.70 bits per heavy atom. The average molecular weight is 265 g/mol. The molecule has 0 nitrogen and oxygen atoms in total. The van der Waals surface area contributed by atoms with E-state index in [2.05, 4.69) is 87.9 Å². The first-order valence-electron chi connectivity index (χ1n) is 7.56. The summed E-state index contributed by atoms with van der Waals surface area (Å²) in [5, 5.41) is 0. The van der Waals surface area contributed by atoms with Gasteiger partial charge in [-0.15, -0.1) is 0 Å². The van der Waals surface area contributed by atoms with Crippen molar-refractivity contribution in [2.75, 3.05) is 0 Å². The monoisotopic (exact) mass is 265 g/mol. The fourth-order valence-electron chi connectivity index (χ4n) is 2.42. The van der Waals surface area contributed by atoms with Crippen LogP contribution >= 0.6 is 0 Å². The molecule has 0 aromatic heterocycles. The first-order chi connectivity index (χ1) is 9.62. The normalized spacial score (nSPS) is 11.8. The molecule has 20 heavy (non-hydrogen) atoms. The lowest BCUT2D eigenvalue weighted by molar-refractivity contribution is 0.400. The maximum absolute atomic E-state index is 2.48. The molecule has 0 N–H and O–H groups in total. The molecular formula is C20H25. The predicted molar refractivity (Wildman–Crippen MR) is 87.7 cm³/mol. The number of rotatable bonds is 6. The second-order valence-electron chi connectivity index (χ2n) is 6.16. The molecule has 0 heterocycles. The van der Waals surface area contributed by atoms with Crippen LogP contribution in [0.4, 0.5) is 0 Å². The minimum Gasteiger partial charge on any atom is -0.0649 e. The summed E-state index contributed by atoms with van der Waals surface area (Å²) in [5.41, 5.74) is 3.12. The van der Waals surface area contributed by atoms with E-state index in [-0.39, 0.29) is 0 Å². The fraction of sp³-hybridized carbons (Fsp3) is 0.350. The van der Waals surface area contributed by atoms with Crippen LogP contribution in [0, 0.1) is 11.8 Å². The van der Waals surface area contributed by atoms with Crippen LogP contribution in [0.15, 0.2) is 60.7 Å². The SMILES string of the molecule is CCC(C)(C)[CH]CC(c1ccccc1)c1ccccc1. The third-order valence-corrected chi connectivity index (χ3v) is 4.22. The molecule has 0 heteroatoms. The molecule has 2 aromatic rings. The molecule has 1 radical (unpaired) electrons. The molecule has 0 spiro atoms. The molecule has 0 bridgehead atoms. The van der Waals surface area contributed by atoms with Crippen LogP contribution in [-0.4, -0.2) is 0 Å². The summed E-state index contributed by atoms with van der Waals surface area (Å²) in [6.45, 7) is 6.90. The quantitative estimate of drug-likeness (QED) is 0.614. The summed E-state index contributed by atoms with van der Waals surface area (Å²) in [6, 6.07) is 21.7. The highest BCUT2D eigenvalue weighted by molar-refractivity contribution is 5.32. The van der Waals surface area contributed by atoms with Gasteiger partial charge in [-0.1, -0.05) is 87.9 Å². The summed E-state index contributed by atoms with van der Waals surface area (Å²) in [6.07, 6.45) is 4.76. The molecule has 0 atom stereocenters. The summed E-state index contributed by atoms with van der Waals surface area (Å²) in [7, 11) is 0. The van der Waals surface area contributed by atoms with Crippen LogP contribution in [0.3, 0.4) is 0 Å². The maximum Gasteiger partial charge on any atom is 0.00922 e. The van der Waals surface area contributed by atoms with Crippen LogP contribution in [0.25, 0.3) is 0 Å². The van der Waals surface area contributed by atoms with E-state index in [0.717, 1.165) is 6.42 Å². The minimum atomic E-state index is 0.307. The van der Waals surface area contributed by atoms with E-state index >= 15 is 0 Å². The van der Waals surface area contributed by atoms with Gasteiger partial charge in [-0.2, -0.15) is 0 Å². The maximum atomic E-state index is 2.48. The Labute approximate surface area is 123 Å². The highest BCUT2D eigenvalue weighted by atomic mass is 14.2. The lowest BCUT2D eigenvalue weighted by Gasteiger charge is -2.26. The first-order valence-corrected chi connectivity index (χ1v) is 7.56. The van der Waals surface area contributed by atoms with Crippen molar-refractivity contribution in [3.63, 3.8) is 0 Å². The van der Waals surface area contributed by atoms with Crippen LogP contribution in [0.5, 0.6) is 0 Å². The second kappa shape index (κ2) is 6.74. The molecule has 0 aliphatic heterocycles. The van der Waals surface area contributed by atoms with Gasteiger partial charge >= 0.3 is 0 Å². The lowest BCUT2D eigenvalue weighted by Crippen LogP contribution is -2.13. The van der Waals surface area contributed by atoms with E-state index in [1.54, 1.807) is 0 Å². The second-order valence-corrected chi connectivity index (χ2v) is 6.16. The van der Waals surface area contributed by atoms with E-state index in [0.29, 0.717) is 11.3 Å². The van der Waals surface area contributed by atoms with E-state index in [1.165, 1.54) is 17.5 Å². The Morgan fingerprint density at radius 2 is 1.30 bits per heavy atom. The summed E-state index contributed by atoms with van der Waals surface area (Å²) in [5.74, 6) is 0.461. The Bertz CT molecular complexity index is 457. The van der Waals surface area contributed by atoms with Gasteiger partial charge in [0, 0.05) is 5.92 Å². The van der Waals surface area contributed by atoms with Crippen LogP contribution < -0.4 is 0 Å². The highest BCUT2D eigenvalue weighted by Gasteiger charge is 2.20. The Balaban J connectivity index is 2.22. The van der Waals surface area contributed by atoms with Gasteiger partial charge in [-0.25, -0.2) is 0 Å². The van der Waals surface area contributed by atoms with Gasteiger partial charge in [0.2, 0.25) is 0 Å². The fourth-order valence-corrected chi connectivity index (χ4v) is 2.42. The smallest absolute Gasteiger partial charge is 0.00922 e. The van der Waals surface area contributed by atoms with Crippen LogP contribution in [0.2, 0.25) is 0 Å². The minimum absolute atomic E-state index is 0.307. The van der Waals surface area contributed by atoms with E-state index in [4.69, 9.17) is 0 Å². The molecule has 0 saturated carbocycles. The molecule has 0 amide bonds. The summed E-state index contributed by atoms with van der Waals surface area (Å²) < 4.78 is 0. The van der Waals surface area contributed by atoms with Gasteiger partial charge in [0.1, 0.15) is 0 Å². The molecule has 0 aliphatic carbocycles. The zero-order valence-electron chi connectivity index (χ0n) is 12.8. The number of benzene rings is 2. The topological polar surface area (TPSA) is 0 Å². The van der Waals surface area contributed by atoms with Crippen molar-refractivity contribution in [1.82, 2.24) is 0 Å². The van der Waals surface area contributed by atoms with E-state index in [1.807, 2.05) is 0 Å². The number of hydrogen-bond acceptors (Lipinski definition) is 0. The standard InChI is InChI=1S/C20H25/c1-4-20(2,3)16-15-19(17-11-7-5-8-12-17)18-13-9-6-10-14-18/h5-14,16,19H,4,15H2,1-3H3. The van der Waals surface area contributed by atoms with Gasteiger partial charge in [-0.05, 0) is 29.4 Å². The van der Waals surface area contributed by atoms with Crippen LogP contribution in [0.1, 0.15) is 50.7 Å². The molecule has 0 aliphatic rings. The Hall–Kier alpha value is -1.56. The van der Waals surface area contributed by atoms with Gasteiger partial charge in [0.05, 0.1) is 0 Å². The molecule has 0 fully saturated rings. The van der Waals surface area contributed by atoms with Crippen molar-refractivity contribution in [3.05, 3.63) is 78.2 Å². The summed E-state index contributed by atoms with van der Waals surface area (Å²) in [4.78, 5) is 0. The van der Waals surface area contributed by atoms with E-state index < -0.39 is 0 Å². The van der Waals surface area contributed by atoms with Gasteiger partial charge < -0.3 is 0 Å². The zero-order chi connectivity index (χ0) is 14.4. The third-order valence-electron chi connectivity index (χ3n) is 4.22. The van der Waals surface area contributed by atoms with Crippen molar-refractivity contribution in [2.45, 2.75) is 39.5 Å². The third kappa shape index (κ3) is 3.96. The Morgan fingerprint density at radius 1 is 0.850 bits per heavy atom. The number of hydrogen-bond donors (Lipinski definition) is 0.